The third-order valence-electron chi connectivity index (χ3n) is 5.04. The Morgan fingerprint density at radius 3 is 2.58 bits per heavy atom. The summed E-state index contributed by atoms with van der Waals surface area (Å²) in [7, 11) is 3.92. The summed E-state index contributed by atoms with van der Waals surface area (Å²) < 4.78 is 10.7. The summed E-state index contributed by atoms with van der Waals surface area (Å²) in [6.07, 6.45) is 3.73. The van der Waals surface area contributed by atoms with Gasteiger partial charge in [-0.1, -0.05) is 0 Å². The predicted molar refractivity (Wildman–Crippen MR) is 98.6 cm³/mol. The molecule has 2 aliphatic heterocycles. The molecule has 1 unspecified atom stereocenters. The molecule has 1 atom stereocenters. The van der Waals surface area contributed by atoms with Crippen LogP contribution in [0.3, 0.4) is 0 Å². The standard InChI is InChI=1S/C18H36N4O2/c1-4-19-18(20-13-16-5-8-21(2)9-6-16)22-10-7-17(14-22)15-24-12-11-23-3/h16-17H,4-15H2,1-3H3,(H,19,20). The molecule has 6 heteroatoms. The van der Waals surface area contributed by atoms with Gasteiger partial charge in [-0.15, -0.1) is 0 Å². The fourth-order valence-corrected chi connectivity index (χ4v) is 3.44. The Hall–Kier alpha value is -0.850. The van der Waals surface area contributed by atoms with E-state index in [1.807, 2.05) is 0 Å². The molecule has 0 aromatic heterocycles. The maximum atomic E-state index is 5.69. The summed E-state index contributed by atoms with van der Waals surface area (Å²) in [5.74, 6) is 2.44. The number of nitrogens with zero attached hydrogens (tertiary/aromatic N) is 3. The number of methoxy groups -OCH3 is 1. The average Bonchev–Trinajstić information content (AvgIpc) is 3.06. The Bertz CT molecular complexity index is 370. The van der Waals surface area contributed by atoms with E-state index in [2.05, 4.69) is 29.1 Å². The molecule has 0 bridgehead atoms. The van der Waals surface area contributed by atoms with Crippen LogP contribution >= 0.6 is 0 Å². The molecule has 140 valence electrons. The zero-order valence-corrected chi connectivity index (χ0v) is 15.8. The van der Waals surface area contributed by atoms with Gasteiger partial charge in [0, 0.05) is 39.2 Å². The Balaban J connectivity index is 1.76. The Morgan fingerprint density at radius 1 is 1.12 bits per heavy atom. The van der Waals surface area contributed by atoms with E-state index in [4.69, 9.17) is 14.5 Å². The van der Waals surface area contributed by atoms with E-state index in [0.717, 1.165) is 44.7 Å². The molecular weight excluding hydrogens is 304 g/mol. The zero-order valence-electron chi connectivity index (χ0n) is 15.8. The number of nitrogens with one attached hydrogen (secondary N) is 1. The van der Waals surface area contributed by atoms with Crippen LogP contribution in [0.25, 0.3) is 0 Å². The van der Waals surface area contributed by atoms with E-state index in [9.17, 15) is 0 Å². The van der Waals surface area contributed by atoms with Gasteiger partial charge in [0.15, 0.2) is 5.96 Å². The molecule has 0 spiro atoms. The van der Waals surface area contributed by atoms with Gasteiger partial charge < -0.3 is 24.6 Å². The monoisotopic (exact) mass is 340 g/mol. The number of aliphatic imine (C=N–C) groups is 1. The van der Waals surface area contributed by atoms with Crippen LogP contribution in [-0.4, -0.2) is 89.0 Å². The molecule has 0 radical (unpaired) electrons. The second-order valence-electron chi connectivity index (χ2n) is 7.11. The lowest BCUT2D eigenvalue weighted by Crippen LogP contribution is -2.41. The lowest BCUT2D eigenvalue weighted by Gasteiger charge is -2.28. The molecule has 0 aromatic rings. The first-order valence-electron chi connectivity index (χ1n) is 9.51. The number of guanidine groups is 1. The molecule has 2 saturated heterocycles. The van der Waals surface area contributed by atoms with E-state index < -0.39 is 0 Å². The molecule has 0 amide bonds. The van der Waals surface area contributed by atoms with Crippen LogP contribution in [0.15, 0.2) is 4.99 Å². The van der Waals surface area contributed by atoms with E-state index in [-0.39, 0.29) is 0 Å². The van der Waals surface area contributed by atoms with Crippen molar-refractivity contribution in [1.29, 1.82) is 0 Å². The number of likely N-dealkylation sites (tertiary alicyclic amines) is 2. The first kappa shape index (κ1) is 19.5. The molecule has 0 aromatic carbocycles. The smallest absolute Gasteiger partial charge is 0.193 e. The first-order valence-corrected chi connectivity index (χ1v) is 9.51. The Morgan fingerprint density at radius 2 is 1.88 bits per heavy atom. The number of ether oxygens (including phenoxy) is 2. The van der Waals surface area contributed by atoms with Crippen molar-refractivity contribution in [3.05, 3.63) is 0 Å². The predicted octanol–water partition coefficient (Wildman–Crippen LogP) is 1.28. The molecule has 0 aliphatic carbocycles. The van der Waals surface area contributed by atoms with Gasteiger partial charge >= 0.3 is 0 Å². The van der Waals surface area contributed by atoms with E-state index in [1.165, 1.54) is 32.4 Å². The summed E-state index contributed by atoms with van der Waals surface area (Å²) in [6, 6.07) is 0. The van der Waals surface area contributed by atoms with Gasteiger partial charge in [0.2, 0.25) is 0 Å². The van der Waals surface area contributed by atoms with Crippen LogP contribution < -0.4 is 5.32 Å². The first-order chi connectivity index (χ1) is 11.7. The fraction of sp³-hybridized carbons (Fsp3) is 0.944. The highest BCUT2D eigenvalue weighted by Crippen LogP contribution is 2.19. The van der Waals surface area contributed by atoms with E-state index in [0.29, 0.717) is 19.1 Å². The van der Waals surface area contributed by atoms with Crippen molar-refractivity contribution in [1.82, 2.24) is 15.1 Å². The van der Waals surface area contributed by atoms with Crippen molar-refractivity contribution >= 4 is 5.96 Å². The van der Waals surface area contributed by atoms with Crippen molar-refractivity contribution < 1.29 is 9.47 Å². The Labute approximate surface area is 147 Å². The van der Waals surface area contributed by atoms with Crippen LogP contribution in [0.5, 0.6) is 0 Å². The molecule has 2 rings (SSSR count). The second-order valence-corrected chi connectivity index (χ2v) is 7.11. The van der Waals surface area contributed by atoms with Gasteiger partial charge in [0.25, 0.3) is 0 Å². The topological polar surface area (TPSA) is 49.3 Å². The van der Waals surface area contributed by atoms with Gasteiger partial charge in [-0.3, -0.25) is 4.99 Å². The Kier molecular flexibility index (Phi) is 8.84. The summed E-state index contributed by atoms with van der Waals surface area (Å²) in [4.78, 5) is 9.76. The minimum Gasteiger partial charge on any atom is -0.382 e. The fourth-order valence-electron chi connectivity index (χ4n) is 3.44. The van der Waals surface area contributed by atoms with Gasteiger partial charge in [0.1, 0.15) is 0 Å². The zero-order chi connectivity index (χ0) is 17.2. The molecule has 2 fully saturated rings. The van der Waals surface area contributed by atoms with Gasteiger partial charge in [0.05, 0.1) is 19.8 Å². The number of rotatable bonds is 8. The van der Waals surface area contributed by atoms with Crippen molar-refractivity contribution in [2.24, 2.45) is 16.8 Å². The molecule has 6 nitrogen and oxygen atoms in total. The summed E-state index contributed by atoms with van der Waals surface area (Å²) in [5, 5.41) is 3.47. The maximum Gasteiger partial charge on any atom is 0.193 e. The molecule has 2 heterocycles. The molecular formula is C18H36N4O2. The van der Waals surface area contributed by atoms with Crippen LogP contribution in [0.1, 0.15) is 26.2 Å². The molecule has 2 aliphatic rings. The molecule has 0 saturated carbocycles. The highest BCUT2D eigenvalue weighted by molar-refractivity contribution is 5.80. The average molecular weight is 341 g/mol. The number of hydrogen-bond acceptors (Lipinski definition) is 4. The van der Waals surface area contributed by atoms with E-state index >= 15 is 0 Å². The van der Waals surface area contributed by atoms with Crippen molar-refractivity contribution in [3.63, 3.8) is 0 Å². The lowest BCUT2D eigenvalue weighted by molar-refractivity contribution is 0.0536. The van der Waals surface area contributed by atoms with Gasteiger partial charge in [-0.2, -0.15) is 0 Å². The van der Waals surface area contributed by atoms with Crippen molar-refractivity contribution in [3.8, 4) is 0 Å². The second kappa shape index (κ2) is 10.9. The minimum atomic E-state index is 0.606. The SMILES string of the molecule is CCNC(=NCC1CCN(C)CC1)N1CCC(COCCOC)C1. The van der Waals surface area contributed by atoms with E-state index in [1.54, 1.807) is 7.11 Å². The van der Waals surface area contributed by atoms with Crippen LogP contribution in [0.2, 0.25) is 0 Å². The lowest BCUT2D eigenvalue weighted by atomic mass is 9.97. The van der Waals surface area contributed by atoms with Gasteiger partial charge in [-0.05, 0) is 52.2 Å². The quantitative estimate of drug-likeness (QED) is 0.410. The molecule has 1 N–H and O–H groups in total. The van der Waals surface area contributed by atoms with Crippen LogP contribution in [0, 0.1) is 11.8 Å². The maximum absolute atomic E-state index is 5.69. The summed E-state index contributed by atoms with van der Waals surface area (Å²) in [5.41, 5.74) is 0. The summed E-state index contributed by atoms with van der Waals surface area (Å²) in [6.45, 7) is 10.8. The molecule has 24 heavy (non-hydrogen) atoms. The summed E-state index contributed by atoms with van der Waals surface area (Å²) >= 11 is 0. The normalized spacial score (nSPS) is 23.9. The van der Waals surface area contributed by atoms with Crippen LogP contribution in [0.4, 0.5) is 0 Å². The largest absolute Gasteiger partial charge is 0.382 e. The van der Waals surface area contributed by atoms with Gasteiger partial charge in [-0.25, -0.2) is 0 Å². The third kappa shape index (κ3) is 6.57. The third-order valence-corrected chi connectivity index (χ3v) is 5.04. The van der Waals surface area contributed by atoms with Crippen molar-refractivity contribution in [2.45, 2.75) is 26.2 Å². The minimum absolute atomic E-state index is 0.606. The highest BCUT2D eigenvalue weighted by atomic mass is 16.5. The number of hydrogen-bond donors (Lipinski definition) is 1. The van der Waals surface area contributed by atoms with Crippen molar-refractivity contribution in [2.75, 3.05) is 73.2 Å². The highest BCUT2D eigenvalue weighted by Gasteiger charge is 2.25. The number of piperidine rings is 1. The van der Waals surface area contributed by atoms with Crippen LogP contribution in [-0.2, 0) is 9.47 Å².